The summed E-state index contributed by atoms with van der Waals surface area (Å²) in [5.41, 5.74) is 1.98. The van der Waals surface area contributed by atoms with E-state index in [1.807, 2.05) is 30.3 Å². The summed E-state index contributed by atoms with van der Waals surface area (Å²) >= 11 is 5.97. The first-order valence-electron chi connectivity index (χ1n) is 8.60. The van der Waals surface area contributed by atoms with Gasteiger partial charge >= 0.3 is 0 Å². The van der Waals surface area contributed by atoms with Gasteiger partial charge in [0.05, 0.1) is 14.2 Å². The number of rotatable bonds is 7. The van der Waals surface area contributed by atoms with E-state index in [2.05, 4.69) is 5.32 Å². The van der Waals surface area contributed by atoms with Crippen LogP contribution in [0.25, 0.3) is 0 Å². The van der Waals surface area contributed by atoms with E-state index in [0.29, 0.717) is 40.1 Å². The van der Waals surface area contributed by atoms with Gasteiger partial charge in [0.1, 0.15) is 6.61 Å². The Morgan fingerprint density at radius 3 is 2.21 bits per heavy atom. The molecule has 0 aliphatic carbocycles. The third-order valence-corrected chi connectivity index (χ3v) is 4.27. The zero-order chi connectivity index (χ0) is 19.9. The van der Waals surface area contributed by atoms with Crippen LogP contribution in [0.4, 0.5) is 5.69 Å². The molecule has 3 aromatic carbocycles. The minimum Gasteiger partial charge on any atom is -0.493 e. The Hall–Kier alpha value is -3.18. The lowest BCUT2D eigenvalue weighted by Crippen LogP contribution is -2.12. The van der Waals surface area contributed by atoms with Crippen molar-refractivity contribution >= 4 is 23.2 Å². The van der Waals surface area contributed by atoms with Gasteiger partial charge in [-0.2, -0.15) is 0 Å². The fraction of sp³-hybridized carbons (Fsp3) is 0.136. The highest BCUT2D eigenvalue weighted by molar-refractivity contribution is 6.31. The number of carbonyl (C=O) groups is 1. The van der Waals surface area contributed by atoms with E-state index in [1.165, 1.54) is 14.2 Å². The lowest BCUT2D eigenvalue weighted by atomic mass is 10.1. The van der Waals surface area contributed by atoms with Crippen LogP contribution in [-0.2, 0) is 6.61 Å². The Labute approximate surface area is 168 Å². The molecule has 6 heteroatoms. The maximum absolute atomic E-state index is 12.6. The minimum atomic E-state index is -0.312. The largest absolute Gasteiger partial charge is 0.493 e. The van der Waals surface area contributed by atoms with Crippen molar-refractivity contribution < 1.29 is 19.0 Å². The van der Waals surface area contributed by atoms with Gasteiger partial charge in [-0.15, -0.1) is 0 Å². The molecule has 28 heavy (non-hydrogen) atoms. The highest BCUT2D eigenvalue weighted by Gasteiger charge is 2.18. The van der Waals surface area contributed by atoms with E-state index < -0.39 is 0 Å². The first-order valence-corrected chi connectivity index (χ1v) is 8.98. The second-order valence-corrected chi connectivity index (χ2v) is 6.39. The van der Waals surface area contributed by atoms with Crippen molar-refractivity contribution in [2.24, 2.45) is 0 Å². The summed E-state index contributed by atoms with van der Waals surface area (Å²) in [6, 6.07) is 19.9. The van der Waals surface area contributed by atoms with Crippen molar-refractivity contribution in [3.05, 3.63) is 82.9 Å². The molecule has 0 atom stereocenters. The first kappa shape index (κ1) is 19.6. The van der Waals surface area contributed by atoms with Crippen molar-refractivity contribution in [2.45, 2.75) is 6.61 Å². The lowest BCUT2D eigenvalue weighted by molar-refractivity contribution is 0.102. The van der Waals surface area contributed by atoms with Crippen LogP contribution in [0.1, 0.15) is 15.9 Å². The molecule has 0 aliphatic rings. The van der Waals surface area contributed by atoms with Crippen LogP contribution in [0, 0.1) is 0 Å². The van der Waals surface area contributed by atoms with Crippen molar-refractivity contribution in [1.29, 1.82) is 0 Å². The Bertz CT molecular complexity index is 935. The highest BCUT2D eigenvalue weighted by atomic mass is 35.5. The van der Waals surface area contributed by atoms with Crippen LogP contribution >= 0.6 is 11.6 Å². The molecule has 0 spiro atoms. The zero-order valence-corrected chi connectivity index (χ0v) is 16.3. The van der Waals surface area contributed by atoms with E-state index in [-0.39, 0.29) is 5.91 Å². The van der Waals surface area contributed by atoms with Gasteiger partial charge in [-0.05, 0) is 35.9 Å². The summed E-state index contributed by atoms with van der Waals surface area (Å²) in [4.78, 5) is 12.6. The van der Waals surface area contributed by atoms with Crippen LogP contribution in [0.2, 0.25) is 5.02 Å². The van der Waals surface area contributed by atoms with Gasteiger partial charge in [0.25, 0.3) is 5.91 Å². The molecular formula is C22H20ClNO4. The predicted molar refractivity (Wildman–Crippen MR) is 110 cm³/mol. The summed E-state index contributed by atoms with van der Waals surface area (Å²) in [6.45, 7) is 0.349. The number of methoxy groups -OCH3 is 2. The van der Waals surface area contributed by atoms with Crippen LogP contribution in [-0.4, -0.2) is 20.1 Å². The number of carbonyl (C=O) groups excluding carboxylic acids is 1. The molecule has 3 aromatic rings. The van der Waals surface area contributed by atoms with Crippen LogP contribution < -0.4 is 19.5 Å². The molecule has 0 saturated heterocycles. The number of halogens is 1. The van der Waals surface area contributed by atoms with Crippen molar-refractivity contribution in [3.8, 4) is 17.2 Å². The Kier molecular flexibility index (Phi) is 6.40. The molecule has 0 fully saturated rings. The van der Waals surface area contributed by atoms with Crippen molar-refractivity contribution in [3.63, 3.8) is 0 Å². The van der Waals surface area contributed by atoms with E-state index in [4.69, 9.17) is 25.8 Å². The van der Waals surface area contributed by atoms with Gasteiger partial charge in [0.2, 0.25) is 5.75 Å². The maximum atomic E-state index is 12.6. The topological polar surface area (TPSA) is 56.8 Å². The van der Waals surface area contributed by atoms with Crippen molar-refractivity contribution in [2.75, 3.05) is 19.5 Å². The molecule has 1 N–H and O–H groups in total. The summed E-state index contributed by atoms with van der Waals surface area (Å²) in [5, 5.41) is 3.34. The number of hydrogen-bond donors (Lipinski definition) is 1. The number of anilines is 1. The molecule has 144 valence electrons. The fourth-order valence-electron chi connectivity index (χ4n) is 2.65. The second-order valence-electron chi connectivity index (χ2n) is 5.95. The number of ether oxygens (including phenoxy) is 3. The minimum absolute atomic E-state index is 0.312. The number of benzene rings is 3. The average Bonchev–Trinajstić information content (AvgIpc) is 2.72. The summed E-state index contributed by atoms with van der Waals surface area (Å²) in [6.07, 6.45) is 0. The second kappa shape index (κ2) is 9.15. The molecular weight excluding hydrogens is 378 g/mol. The van der Waals surface area contributed by atoms with Gasteiger partial charge < -0.3 is 19.5 Å². The standard InChI is InChI=1S/C22H20ClNO4/c1-26-19-11-16(22(25)24-18-10-6-9-17(23)13-18)12-20(27-2)21(19)28-14-15-7-4-3-5-8-15/h3-13H,14H2,1-2H3,(H,24,25). The highest BCUT2D eigenvalue weighted by Crippen LogP contribution is 2.39. The SMILES string of the molecule is COc1cc(C(=O)Nc2cccc(Cl)c2)cc(OC)c1OCc1ccccc1. The average molecular weight is 398 g/mol. The summed E-state index contributed by atoms with van der Waals surface area (Å²) in [5.74, 6) is 0.944. The molecule has 0 unspecified atom stereocenters. The molecule has 0 aliphatic heterocycles. The normalized spacial score (nSPS) is 10.2. The molecule has 3 rings (SSSR count). The third-order valence-electron chi connectivity index (χ3n) is 4.03. The summed E-state index contributed by atoms with van der Waals surface area (Å²) < 4.78 is 16.8. The monoisotopic (exact) mass is 397 g/mol. The molecule has 0 saturated carbocycles. The quantitative estimate of drug-likeness (QED) is 0.596. The van der Waals surface area contributed by atoms with Crippen LogP contribution in [0.5, 0.6) is 17.2 Å². The Balaban J connectivity index is 1.84. The van der Waals surface area contributed by atoms with Crippen LogP contribution in [0.15, 0.2) is 66.7 Å². The maximum Gasteiger partial charge on any atom is 0.255 e. The number of hydrogen-bond acceptors (Lipinski definition) is 4. The van der Waals surface area contributed by atoms with Gasteiger partial charge in [0.15, 0.2) is 11.5 Å². The molecule has 0 radical (unpaired) electrons. The summed E-state index contributed by atoms with van der Waals surface area (Å²) in [7, 11) is 3.03. The van der Waals surface area contributed by atoms with Crippen LogP contribution in [0.3, 0.4) is 0 Å². The predicted octanol–water partition coefficient (Wildman–Crippen LogP) is 5.19. The fourth-order valence-corrected chi connectivity index (χ4v) is 2.84. The van der Waals surface area contributed by atoms with E-state index in [1.54, 1.807) is 36.4 Å². The first-order chi connectivity index (χ1) is 13.6. The van der Waals surface area contributed by atoms with E-state index in [0.717, 1.165) is 5.56 Å². The molecule has 5 nitrogen and oxygen atoms in total. The Morgan fingerprint density at radius 2 is 1.61 bits per heavy atom. The Morgan fingerprint density at radius 1 is 0.929 bits per heavy atom. The number of amides is 1. The smallest absolute Gasteiger partial charge is 0.255 e. The van der Waals surface area contributed by atoms with E-state index >= 15 is 0 Å². The third kappa shape index (κ3) is 4.75. The number of nitrogens with one attached hydrogen (secondary N) is 1. The zero-order valence-electron chi connectivity index (χ0n) is 15.6. The van der Waals surface area contributed by atoms with Crippen molar-refractivity contribution in [1.82, 2.24) is 0 Å². The molecule has 0 heterocycles. The van der Waals surface area contributed by atoms with Gasteiger partial charge in [-0.1, -0.05) is 48.0 Å². The van der Waals surface area contributed by atoms with Gasteiger partial charge in [-0.25, -0.2) is 0 Å². The van der Waals surface area contributed by atoms with Gasteiger partial charge in [0, 0.05) is 16.3 Å². The molecule has 1 amide bonds. The van der Waals surface area contributed by atoms with E-state index in [9.17, 15) is 4.79 Å². The lowest BCUT2D eigenvalue weighted by Gasteiger charge is -2.16. The molecule has 0 bridgehead atoms. The molecule has 0 aromatic heterocycles. The van der Waals surface area contributed by atoms with Gasteiger partial charge in [-0.3, -0.25) is 4.79 Å².